The van der Waals surface area contributed by atoms with Crippen molar-refractivity contribution in [2.75, 3.05) is 6.54 Å². The molecule has 0 bridgehead atoms. The van der Waals surface area contributed by atoms with E-state index in [4.69, 9.17) is 14.0 Å². The fourth-order valence-corrected chi connectivity index (χ4v) is 2.87. The van der Waals surface area contributed by atoms with Crippen LogP contribution in [-0.2, 0) is 20.2 Å². The summed E-state index contributed by atoms with van der Waals surface area (Å²) in [7, 11) is -0.955. The van der Waals surface area contributed by atoms with Gasteiger partial charge in [0.25, 0.3) is 0 Å². The number of alkyl halides is 3. The molecule has 2 rings (SSSR count). The summed E-state index contributed by atoms with van der Waals surface area (Å²) in [6, 6.07) is 2.82. The summed E-state index contributed by atoms with van der Waals surface area (Å²) in [6.07, 6.45) is -3.45. The Bertz CT molecular complexity index is 888. The number of hydrogen-bond acceptors (Lipinski definition) is 5. The minimum absolute atomic E-state index is 0.0329. The van der Waals surface area contributed by atoms with Gasteiger partial charge in [0, 0.05) is 12.1 Å². The minimum atomic E-state index is -4.58. The maximum absolute atomic E-state index is 13.2. The average Bonchev–Trinajstić information content (AvgIpc) is 2.83. The summed E-state index contributed by atoms with van der Waals surface area (Å²) >= 11 is 0. The second-order valence-electron chi connectivity index (χ2n) is 9.62. The van der Waals surface area contributed by atoms with Crippen LogP contribution in [0, 0.1) is 0 Å². The monoisotopic (exact) mass is 455 g/mol. The van der Waals surface area contributed by atoms with E-state index in [0.29, 0.717) is 11.8 Å². The molecule has 1 saturated heterocycles. The molecular weight excluding hydrogens is 426 g/mol. The number of rotatable bonds is 5. The molecule has 176 valence electrons. The van der Waals surface area contributed by atoms with Crippen LogP contribution in [0.25, 0.3) is 6.08 Å². The van der Waals surface area contributed by atoms with Crippen molar-refractivity contribution in [2.45, 2.75) is 71.4 Å². The summed E-state index contributed by atoms with van der Waals surface area (Å²) in [4.78, 5) is 23.6. The van der Waals surface area contributed by atoms with Gasteiger partial charge < -0.3 is 19.4 Å². The minimum Gasteiger partial charge on any atom is -0.444 e. The molecule has 1 aromatic carbocycles. The van der Waals surface area contributed by atoms with Crippen LogP contribution in [-0.4, -0.2) is 42.8 Å². The zero-order valence-electron chi connectivity index (χ0n) is 19.3. The molecule has 1 aliphatic heterocycles. The summed E-state index contributed by atoms with van der Waals surface area (Å²) in [5.41, 5.74) is -2.65. The van der Waals surface area contributed by atoms with Crippen LogP contribution in [0.5, 0.6) is 0 Å². The number of ether oxygens (including phenoxy) is 1. The molecule has 0 radical (unpaired) electrons. The average molecular weight is 455 g/mol. The highest BCUT2D eigenvalue weighted by Crippen LogP contribution is 2.39. The molecule has 6 nitrogen and oxygen atoms in total. The number of hydrogen-bond donors (Lipinski definition) is 1. The Morgan fingerprint density at radius 1 is 1.09 bits per heavy atom. The number of nitrogens with one attached hydrogen (secondary N) is 1. The smallest absolute Gasteiger partial charge is 0.444 e. The molecule has 0 atom stereocenters. The largest absolute Gasteiger partial charge is 0.492 e. The number of alkyl carbamates (subject to hydrolysis) is 1. The predicted octanol–water partition coefficient (Wildman–Crippen LogP) is 5.06. The van der Waals surface area contributed by atoms with Gasteiger partial charge in [-0.05, 0) is 71.6 Å². The number of amides is 1. The van der Waals surface area contributed by atoms with Crippen molar-refractivity contribution < 1.29 is 36.8 Å². The molecule has 1 heterocycles. The van der Waals surface area contributed by atoms with Gasteiger partial charge in [-0.3, -0.25) is 4.79 Å². The first-order chi connectivity index (χ1) is 14.4. The van der Waals surface area contributed by atoms with Crippen molar-refractivity contribution in [2.24, 2.45) is 0 Å². The van der Waals surface area contributed by atoms with Crippen LogP contribution in [0.1, 0.15) is 70.0 Å². The van der Waals surface area contributed by atoms with Gasteiger partial charge in [0.15, 0.2) is 6.29 Å². The molecular formula is C22H29BF3NO5. The van der Waals surface area contributed by atoms with Crippen LogP contribution in [0.3, 0.4) is 0 Å². The van der Waals surface area contributed by atoms with Crippen molar-refractivity contribution in [3.8, 4) is 0 Å². The van der Waals surface area contributed by atoms with Gasteiger partial charge in [-0.2, -0.15) is 13.2 Å². The second kappa shape index (κ2) is 8.90. The molecule has 1 N–H and O–H groups in total. The van der Waals surface area contributed by atoms with E-state index in [9.17, 15) is 22.8 Å². The van der Waals surface area contributed by atoms with Crippen molar-refractivity contribution in [1.29, 1.82) is 0 Å². The van der Waals surface area contributed by atoms with Crippen LogP contribution in [0.2, 0.25) is 0 Å². The summed E-state index contributed by atoms with van der Waals surface area (Å²) in [5.74, 6) is 0. The van der Waals surface area contributed by atoms with Crippen molar-refractivity contribution in [3.63, 3.8) is 0 Å². The zero-order valence-corrected chi connectivity index (χ0v) is 19.3. The summed E-state index contributed by atoms with van der Waals surface area (Å²) in [6.45, 7) is 12.3. The molecule has 0 unspecified atom stereocenters. The Kier molecular flexibility index (Phi) is 7.21. The molecule has 0 saturated carbocycles. The second-order valence-corrected chi connectivity index (χ2v) is 9.62. The lowest BCUT2D eigenvalue weighted by molar-refractivity contribution is -0.137. The van der Waals surface area contributed by atoms with Gasteiger partial charge in [-0.15, -0.1) is 0 Å². The fourth-order valence-electron chi connectivity index (χ4n) is 2.87. The first kappa shape index (κ1) is 25.9. The van der Waals surface area contributed by atoms with Crippen molar-refractivity contribution >= 4 is 25.6 Å². The predicted molar refractivity (Wildman–Crippen MR) is 115 cm³/mol. The molecule has 0 spiro atoms. The molecule has 1 aromatic rings. The Hall–Kier alpha value is -2.33. The summed E-state index contributed by atoms with van der Waals surface area (Å²) < 4.78 is 56.9. The lowest BCUT2D eigenvalue weighted by atomic mass is 9.76. The SMILES string of the molecule is CC(C)(C)OC(=O)NCC(=Cc1cc(C(F)(F)F)ccc1C=O)B1OC(C)(C)C(C)(C)O1. The van der Waals surface area contributed by atoms with E-state index in [-0.39, 0.29) is 17.7 Å². The molecule has 0 aromatic heterocycles. The Labute approximate surface area is 186 Å². The van der Waals surface area contributed by atoms with Crippen LogP contribution in [0.4, 0.5) is 18.0 Å². The van der Waals surface area contributed by atoms with Crippen LogP contribution < -0.4 is 5.32 Å². The van der Waals surface area contributed by atoms with E-state index in [0.717, 1.165) is 18.2 Å². The van der Waals surface area contributed by atoms with E-state index in [1.54, 1.807) is 20.8 Å². The third kappa shape index (κ3) is 6.35. The van der Waals surface area contributed by atoms with Crippen LogP contribution >= 0.6 is 0 Å². The Balaban J connectivity index is 2.46. The van der Waals surface area contributed by atoms with E-state index in [1.807, 2.05) is 27.7 Å². The normalized spacial score (nSPS) is 18.4. The molecule has 10 heteroatoms. The first-order valence-electron chi connectivity index (χ1n) is 10.1. The third-order valence-electron chi connectivity index (χ3n) is 5.27. The number of halogens is 3. The number of benzene rings is 1. The lowest BCUT2D eigenvalue weighted by Crippen LogP contribution is -2.41. The maximum atomic E-state index is 13.2. The van der Waals surface area contributed by atoms with E-state index < -0.39 is 41.8 Å². The molecule has 32 heavy (non-hydrogen) atoms. The van der Waals surface area contributed by atoms with Crippen LogP contribution in [0.15, 0.2) is 23.7 Å². The topological polar surface area (TPSA) is 73.9 Å². The van der Waals surface area contributed by atoms with Crippen molar-refractivity contribution in [3.05, 3.63) is 40.4 Å². The molecule has 1 amide bonds. The van der Waals surface area contributed by atoms with Gasteiger partial charge in [0.05, 0.1) is 16.8 Å². The highest BCUT2D eigenvalue weighted by Gasteiger charge is 2.52. The van der Waals surface area contributed by atoms with E-state index >= 15 is 0 Å². The Morgan fingerprint density at radius 2 is 1.66 bits per heavy atom. The quantitative estimate of drug-likeness (QED) is 0.497. The molecule has 1 aliphatic rings. The summed E-state index contributed by atoms with van der Waals surface area (Å²) in [5, 5.41) is 2.57. The number of carbonyl (C=O) groups is 2. The Morgan fingerprint density at radius 3 is 2.12 bits per heavy atom. The number of carbonyl (C=O) groups excluding carboxylic acids is 2. The third-order valence-corrected chi connectivity index (χ3v) is 5.27. The standard InChI is InChI=1S/C22H29BF3NO5/c1-19(2,3)30-18(29)27-12-17(23-31-20(4,5)21(6,7)32-23)11-15-10-16(22(24,25)26)9-8-14(15)13-28/h8-11,13H,12H2,1-7H3,(H,27,29). The zero-order chi connectivity index (χ0) is 24.5. The van der Waals surface area contributed by atoms with Gasteiger partial charge in [0.2, 0.25) is 0 Å². The lowest BCUT2D eigenvalue weighted by Gasteiger charge is -2.32. The fraction of sp³-hybridized carbons (Fsp3) is 0.545. The van der Waals surface area contributed by atoms with Gasteiger partial charge in [-0.25, -0.2) is 4.79 Å². The highest BCUT2D eigenvalue weighted by molar-refractivity contribution is 6.56. The van der Waals surface area contributed by atoms with Gasteiger partial charge in [-0.1, -0.05) is 12.1 Å². The van der Waals surface area contributed by atoms with E-state index in [2.05, 4.69) is 5.32 Å². The van der Waals surface area contributed by atoms with Gasteiger partial charge in [0.1, 0.15) is 5.60 Å². The maximum Gasteiger partial charge on any atom is 0.492 e. The first-order valence-corrected chi connectivity index (χ1v) is 10.1. The van der Waals surface area contributed by atoms with Crippen molar-refractivity contribution in [1.82, 2.24) is 5.32 Å². The molecule has 0 aliphatic carbocycles. The van der Waals surface area contributed by atoms with Gasteiger partial charge >= 0.3 is 19.4 Å². The molecule has 1 fully saturated rings. The highest BCUT2D eigenvalue weighted by atomic mass is 19.4. The van der Waals surface area contributed by atoms with E-state index in [1.165, 1.54) is 6.08 Å². The number of aldehydes is 1.